The number of alkyl halides is 3. The Kier molecular flexibility index (Phi) is 6.97. The molecular weight excluding hydrogens is 467 g/mol. The van der Waals surface area contributed by atoms with Gasteiger partial charge in [-0.05, 0) is 23.9 Å². The van der Waals surface area contributed by atoms with E-state index in [0.717, 1.165) is 7.11 Å². The molecule has 0 aliphatic carbocycles. The van der Waals surface area contributed by atoms with Gasteiger partial charge in [-0.15, -0.1) is 4.28 Å². The minimum Gasteiger partial charge on any atom is -0.452 e. The topological polar surface area (TPSA) is 99.2 Å². The Hall–Kier alpha value is -3.14. The molecule has 0 radical (unpaired) electrons. The lowest BCUT2D eigenvalue weighted by Crippen LogP contribution is -2.43. The highest BCUT2D eigenvalue weighted by molar-refractivity contribution is 7.87. The van der Waals surface area contributed by atoms with Gasteiger partial charge in [0.15, 0.2) is 12.8 Å². The summed E-state index contributed by atoms with van der Waals surface area (Å²) in [6, 6.07) is 7.60. The molecule has 8 nitrogen and oxygen atoms in total. The molecule has 1 unspecified atom stereocenters. The number of esters is 1. The zero-order valence-corrected chi connectivity index (χ0v) is 18.2. The third-order valence-electron chi connectivity index (χ3n) is 4.60. The number of carbonyl (C=O) groups is 2. The number of benzene rings is 2. The van der Waals surface area contributed by atoms with E-state index in [4.69, 9.17) is 9.47 Å². The van der Waals surface area contributed by atoms with Crippen LogP contribution in [-0.2, 0) is 28.7 Å². The van der Waals surface area contributed by atoms with Crippen LogP contribution in [0.1, 0.15) is 47.5 Å². The number of hydrogen-bond donors (Lipinski definition) is 0. The van der Waals surface area contributed by atoms with Crippen LogP contribution in [0.15, 0.2) is 30.3 Å². The van der Waals surface area contributed by atoms with E-state index in [-0.39, 0.29) is 29.2 Å². The highest BCUT2D eigenvalue weighted by atomic mass is 32.2. The predicted octanol–water partition coefficient (Wildman–Crippen LogP) is 3.42. The first-order valence-corrected chi connectivity index (χ1v) is 11.0. The van der Waals surface area contributed by atoms with E-state index in [0.29, 0.717) is 22.8 Å². The maximum absolute atomic E-state index is 13.0. The molecule has 0 saturated carbocycles. The first kappa shape index (κ1) is 24.5. The lowest BCUT2D eigenvalue weighted by Gasteiger charge is -2.33. The van der Waals surface area contributed by atoms with Gasteiger partial charge in [0, 0.05) is 30.0 Å². The second kappa shape index (κ2) is 9.38. The van der Waals surface area contributed by atoms with Crippen molar-refractivity contribution in [3.63, 3.8) is 0 Å². The first-order chi connectivity index (χ1) is 15.5. The monoisotopic (exact) mass is 485 g/mol. The Morgan fingerprint density at radius 2 is 1.97 bits per heavy atom. The molecule has 0 N–H and O–H groups in total. The fourth-order valence-corrected chi connectivity index (χ4v) is 3.67. The van der Waals surface area contributed by atoms with E-state index in [2.05, 4.69) is 16.1 Å². The summed E-state index contributed by atoms with van der Waals surface area (Å²) in [7, 11) is -5.04. The van der Waals surface area contributed by atoms with Gasteiger partial charge >= 0.3 is 21.6 Å². The third-order valence-corrected chi connectivity index (χ3v) is 5.52. The lowest BCUT2D eigenvalue weighted by molar-refractivity contribution is -0.163. The number of hydrogen-bond acceptors (Lipinski definition) is 7. The van der Waals surface area contributed by atoms with Gasteiger partial charge in [-0.25, -0.2) is 0 Å². The van der Waals surface area contributed by atoms with Gasteiger partial charge in [0.05, 0.1) is 5.56 Å². The highest BCUT2D eigenvalue weighted by Gasteiger charge is 2.51. The van der Waals surface area contributed by atoms with Crippen molar-refractivity contribution in [3.05, 3.63) is 47.0 Å². The average Bonchev–Trinajstić information content (AvgIpc) is 2.74. The molecule has 0 fully saturated rings. The van der Waals surface area contributed by atoms with Crippen LogP contribution in [-0.4, -0.2) is 44.6 Å². The van der Waals surface area contributed by atoms with Crippen molar-refractivity contribution >= 4 is 32.8 Å². The molecule has 1 amide bonds. The van der Waals surface area contributed by atoms with Crippen molar-refractivity contribution in [1.82, 2.24) is 5.06 Å². The molecular formula is C21H18F3NO7S. The summed E-state index contributed by atoms with van der Waals surface area (Å²) < 4.78 is 75.9. The molecule has 2 aromatic rings. The number of methoxy groups -OCH3 is 1. The molecule has 0 bridgehead atoms. The van der Waals surface area contributed by atoms with Crippen molar-refractivity contribution in [2.24, 2.45) is 0 Å². The van der Waals surface area contributed by atoms with Crippen molar-refractivity contribution in [2.75, 3.05) is 13.7 Å². The fraction of sp³-hybridized carbons (Fsp3) is 0.333. The van der Waals surface area contributed by atoms with E-state index in [9.17, 15) is 31.2 Å². The van der Waals surface area contributed by atoms with Gasteiger partial charge in [0.1, 0.15) is 0 Å². The highest BCUT2D eigenvalue weighted by Crippen LogP contribution is 2.39. The van der Waals surface area contributed by atoms with Crippen LogP contribution in [0.5, 0.6) is 0 Å². The Balaban J connectivity index is 2.02. The second-order valence-corrected chi connectivity index (χ2v) is 8.40. The second-order valence-electron chi connectivity index (χ2n) is 6.88. The lowest BCUT2D eigenvalue weighted by atomic mass is 9.92. The Labute approximate surface area is 187 Å². The normalized spacial score (nSPS) is 15.8. The molecule has 1 aliphatic heterocycles. The Bertz CT molecular complexity index is 1260. The average molecular weight is 485 g/mol. The molecule has 1 atom stereocenters. The maximum atomic E-state index is 13.0. The number of carbonyl (C=O) groups excluding carboxylic acids is 2. The molecule has 1 aliphatic rings. The summed E-state index contributed by atoms with van der Waals surface area (Å²) in [6.07, 6.45) is -0.674. The largest absolute Gasteiger partial charge is 0.525 e. The van der Waals surface area contributed by atoms with Crippen molar-refractivity contribution < 1.29 is 44.9 Å². The van der Waals surface area contributed by atoms with E-state index in [1.165, 1.54) is 12.1 Å². The number of amides is 1. The molecule has 33 heavy (non-hydrogen) atoms. The van der Waals surface area contributed by atoms with Gasteiger partial charge in [-0.3, -0.25) is 9.59 Å². The van der Waals surface area contributed by atoms with E-state index in [1.54, 1.807) is 18.2 Å². The number of nitrogens with zero attached hydrogens (tertiary/aromatic N) is 1. The van der Waals surface area contributed by atoms with Gasteiger partial charge < -0.3 is 9.47 Å². The minimum absolute atomic E-state index is 0.0314. The molecule has 12 heteroatoms. The molecule has 0 aromatic heterocycles. The van der Waals surface area contributed by atoms with Crippen LogP contribution in [0.3, 0.4) is 0 Å². The zero-order chi connectivity index (χ0) is 24.4. The zero-order valence-electron chi connectivity index (χ0n) is 17.4. The van der Waals surface area contributed by atoms with Crippen LogP contribution >= 0.6 is 0 Å². The Morgan fingerprint density at radius 1 is 1.24 bits per heavy atom. The quantitative estimate of drug-likeness (QED) is 0.351. The fourth-order valence-electron chi connectivity index (χ4n) is 3.23. The van der Waals surface area contributed by atoms with Crippen molar-refractivity contribution in [1.29, 1.82) is 0 Å². The van der Waals surface area contributed by atoms with Gasteiger partial charge in [0.25, 0.3) is 5.91 Å². The van der Waals surface area contributed by atoms with Crippen molar-refractivity contribution in [3.8, 4) is 11.8 Å². The number of halogens is 3. The van der Waals surface area contributed by atoms with Crippen LogP contribution < -0.4 is 0 Å². The summed E-state index contributed by atoms with van der Waals surface area (Å²) in [5.41, 5.74) is -5.35. The van der Waals surface area contributed by atoms with Crippen molar-refractivity contribution in [2.45, 2.75) is 31.5 Å². The maximum Gasteiger partial charge on any atom is 0.525 e. The number of hydroxylamine groups is 2. The van der Waals surface area contributed by atoms with Gasteiger partial charge in [-0.1, -0.05) is 37.0 Å². The van der Waals surface area contributed by atoms with Crippen LogP contribution in [0.2, 0.25) is 0 Å². The summed E-state index contributed by atoms with van der Waals surface area (Å²) in [5, 5.41) is 0.911. The summed E-state index contributed by atoms with van der Waals surface area (Å²) in [5.74, 6) is 3.77. The summed E-state index contributed by atoms with van der Waals surface area (Å²) in [4.78, 5) is 24.4. The molecule has 1 heterocycles. The molecule has 3 rings (SSSR count). The molecule has 2 aromatic carbocycles. The Morgan fingerprint density at radius 3 is 2.61 bits per heavy atom. The van der Waals surface area contributed by atoms with Crippen LogP contribution in [0.25, 0.3) is 10.8 Å². The number of rotatable bonds is 6. The van der Waals surface area contributed by atoms with E-state index < -0.39 is 33.7 Å². The molecule has 0 saturated heterocycles. The number of ether oxygens (including phenoxy) is 2. The molecule has 176 valence electrons. The summed E-state index contributed by atoms with van der Waals surface area (Å²) in [6.45, 7) is 1.63. The van der Waals surface area contributed by atoms with E-state index >= 15 is 0 Å². The standard InChI is InChI=1S/C21H18F3NO7S/c1-3-6-17(26)31-10-5-7-13-11-14-8-4-9-15-18(14)16(12-13)19(27)25(20(15)30-2)32-33(28,29)21(22,23)24/h4,8-9,11-12,20H,3,6,10H2,1-2H3. The van der Waals surface area contributed by atoms with Gasteiger partial charge in [0.2, 0.25) is 0 Å². The van der Waals surface area contributed by atoms with E-state index in [1.807, 2.05) is 6.92 Å². The third kappa shape index (κ3) is 4.95. The van der Waals surface area contributed by atoms with Crippen LogP contribution in [0.4, 0.5) is 13.2 Å². The van der Waals surface area contributed by atoms with Crippen LogP contribution in [0, 0.1) is 11.8 Å². The minimum atomic E-state index is -6.14. The predicted molar refractivity (Wildman–Crippen MR) is 109 cm³/mol. The van der Waals surface area contributed by atoms with Gasteiger partial charge in [-0.2, -0.15) is 26.7 Å². The summed E-state index contributed by atoms with van der Waals surface area (Å²) >= 11 is 0. The first-order valence-electron chi connectivity index (χ1n) is 9.58. The molecule has 0 spiro atoms. The SMILES string of the molecule is CCCC(=O)OCC#Cc1cc2c3c(cccc3c1)C(OC)N(OS(=O)(=O)C(F)(F)F)C2=O. The smallest absolute Gasteiger partial charge is 0.452 e.